The van der Waals surface area contributed by atoms with E-state index in [1.54, 1.807) is 0 Å². The largest absolute Gasteiger partial charge is 0.325 e. The van der Waals surface area contributed by atoms with Gasteiger partial charge in [-0.1, -0.05) is 31.4 Å². The van der Waals surface area contributed by atoms with Gasteiger partial charge in [-0.15, -0.1) is 16.9 Å². The summed E-state index contributed by atoms with van der Waals surface area (Å²) in [6.07, 6.45) is 5.97. The predicted octanol–water partition coefficient (Wildman–Crippen LogP) is 3.54. The summed E-state index contributed by atoms with van der Waals surface area (Å²) < 4.78 is 0. The molecule has 0 bridgehead atoms. The lowest BCUT2D eigenvalue weighted by atomic mass is 9.89. The Balaban J connectivity index is 1.53. The van der Waals surface area contributed by atoms with Gasteiger partial charge >= 0.3 is 0 Å². The molecule has 8 heteroatoms. The number of nitrogens with one attached hydrogen (secondary N) is 3. The zero-order chi connectivity index (χ0) is 18.4. The highest BCUT2D eigenvalue weighted by Crippen LogP contribution is 2.31. The summed E-state index contributed by atoms with van der Waals surface area (Å²) in [6.45, 7) is 1.46. The summed E-state index contributed by atoms with van der Waals surface area (Å²) in [5.74, 6) is 1.50. The van der Waals surface area contributed by atoms with Gasteiger partial charge in [-0.3, -0.25) is 20.0 Å². The van der Waals surface area contributed by atoms with Gasteiger partial charge in [-0.25, -0.2) is 0 Å². The smallest absolute Gasteiger partial charge is 0.248 e. The van der Waals surface area contributed by atoms with Gasteiger partial charge in [0.05, 0.1) is 11.4 Å². The van der Waals surface area contributed by atoms with Gasteiger partial charge < -0.3 is 5.32 Å². The number of H-pyrrole nitrogens is 1. The number of aromatic nitrogens is 3. The number of hydrogen-bond donors (Lipinski definition) is 3. The third-order valence-corrected chi connectivity index (χ3v) is 5.38. The molecule has 1 saturated carbocycles. The lowest BCUT2D eigenvalue weighted by Gasteiger charge is -2.18. The van der Waals surface area contributed by atoms with E-state index >= 15 is 0 Å². The Kier molecular flexibility index (Phi) is 6.27. The number of thioether (sulfide) groups is 1. The van der Waals surface area contributed by atoms with E-state index in [1.165, 1.54) is 37.9 Å². The van der Waals surface area contributed by atoms with E-state index in [0.29, 0.717) is 17.6 Å². The van der Waals surface area contributed by atoms with Crippen molar-refractivity contribution in [1.29, 1.82) is 0 Å². The monoisotopic (exact) mass is 373 g/mol. The SMILES string of the molecule is CC(=O)Nc1ccccc1SCC(=O)Nc1n[nH]c(C2CCCCC2)n1. The van der Waals surface area contributed by atoms with Crippen molar-refractivity contribution < 1.29 is 9.59 Å². The van der Waals surface area contributed by atoms with Gasteiger partial charge in [0.25, 0.3) is 0 Å². The van der Waals surface area contributed by atoms with Crippen LogP contribution in [0.25, 0.3) is 0 Å². The van der Waals surface area contributed by atoms with Crippen LogP contribution in [0, 0.1) is 0 Å². The van der Waals surface area contributed by atoms with Crippen LogP contribution in [0.2, 0.25) is 0 Å². The molecule has 2 aromatic rings. The molecule has 0 unspecified atom stereocenters. The molecule has 0 radical (unpaired) electrons. The Hall–Kier alpha value is -2.35. The highest BCUT2D eigenvalue weighted by molar-refractivity contribution is 8.00. The lowest BCUT2D eigenvalue weighted by Crippen LogP contribution is -2.15. The van der Waals surface area contributed by atoms with Crippen molar-refractivity contribution in [3.05, 3.63) is 30.1 Å². The zero-order valence-corrected chi connectivity index (χ0v) is 15.6. The number of rotatable bonds is 6. The Labute approximate surface area is 156 Å². The number of benzene rings is 1. The van der Waals surface area contributed by atoms with Crippen molar-refractivity contribution in [3.63, 3.8) is 0 Å². The zero-order valence-electron chi connectivity index (χ0n) is 14.7. The van der Waals surface area contributed by atoms with E-state index in [4.69, 9.17) is 0 Å². The van der Waals surface area contributed by atoms with Crippen molar-refractivity contribution in [2.75, 3.05) is 16.4 Å². The molecular weight excluding hydrogens is 350 g/mol. The number of anilines is 2. The Morgan fingerprint density at radius 1 is 1.19 bits per heavy atom. The minimum atomic E-state index is -0.179. The molecule has 2 amide bonds. The maximum absolute atomic E-state index is 12.2. The molecule has 0 spiro atoms. The predicted molar refractivity (Wildman–Crippen MR) is 102 cm³/mol. The number of carbonyl (C=O) groups is 2. The Morgan fingerprint density at radius 2 is 1.96 bits per heavy atom. The second-order valence-electron chi connectivity index (χ2n) is 6.39. The summed E-state index contributed by atoms with van der Waals surface area (Å²) in [6, 6.07) is 7.40. The van der Waals surface area contributed by atoms with Gasteiger partial charge in [-0.2, -0.15) is 4.98 Å². The molecule has 0 saturated heterocycles. The normalized spacial score (nSPS) is 14.8. The summed E-state index contributed by atoms with van der Waals surface area (Å²) in [7, 11) is 0. The maximum Gasteiger partial charge on any atom is 0.248 e. The topological polar surface area (TPSA) is 99.8 Å². The van der Waals surface area contributed by atoms with Gasteiger partial charge in [0, 0.05) is 17.7 Å². The van der Waals surface area contributed by atoms with E-state index in [1.807, 2.05) is 24.3 Å². The first-order valence-electron chi connectivity index (χ1n) is 8.83. The van der Waals surface area contributed by atoms with E-state index in [9.17, 15) is 9.59 Å². The van der Waals surface area contributed by atoms with E-state index < -0.39 is 0 Å². The minimum Gasteiger partial charge on any atom is -0.325 e. The molecule has 3 rings (SSSR count). The van der Waals surface area contributed by atoms with E-state index in [2.05, 4.69) is 25.8 Å². The maximum atomic E-state index is 12.2. The molecule has 138 valence electrons. The molecule has 1 heterocycles. The van der Waals surface area contributed by atoms with Crippen LogP contribution < -0.4 is 10.6 Å². The quantitative estimate of drug-likeness (QED) is 0.673. The van der Waals surface area contributed by atoms with Gasteiger partial charge in [0.1, 0.15) is 5.82 Å². The van der Waals surface area contributed by atoms with E-state index in [0.717, 1.165) is 23.6 Å². The Morgan fingerprint density at radius 3 is 2.73 bits per heavy atom. The molecule has 26 heavy (non-hydrogen) atoms. The number of hydrogen-bond acceptors (Lipinski definition) is 5. The molecule has 1 aromatic carbocycles. The van der Waals surface area contributed by atoms with Crippen LogP contribution in [0.1, 0.15) is 50.8 Å². The minimum absolute atomic E-state index is 0.140. The number of carbonyl (C=O) groups excluding carboxylic acids is 2. The fourth-order valence-corrected chi connectivity index (χ4v) is 3.89. The van der Waals surface area contributed by atoms with Gasteiger partial charge in [0.15, 0.2) is 0 Å². The molecular formula is C18H23N5O2S. The number of para-hydroxylation sites is 1. The molecule has 1 aliphatic rings. The van der Waals surface area contributed by atoms with Gasteiger partial charge in [-0.05, 0) is 25.0 Å². The highest BCUT2D eigenvalue weighted by Gasteiger charge is 2.19. The summed E-state index contributed by atoms with van der Waals surface area (Å²) in [4.78, 5) is 28.7. The number of nitrogens with zero attached hydrogens (tertiary/aromatic N) is 2. The fourth-order valence-electron chi connectivity index (χ4n) is 3.08. The molecule has 1 fully saturated rings. The number of aromatic amines is 1. The summed E-state index contributed by atoms with van der Waals surface area (Å²) in [5.41, 5.74) is 0.704. The Bertz CT molecular complexity index is 770. The van der Waals surface area contributed by atoms with Crippen molar-refractivity contribution in [1.82, 2.24) is 15.2 Å². The fraction of sp³-hybridized carbons (Fsp3) is 0.444. The summed E-state index contributed by atoms with van der Waals surface area (Å²) >= 11 is 1.36. The molecule has 0 atom stereocenters. The van der Waals surface area contributed by atoms with Crippen LogP contribution in [0.15, 0.2) is 29.2 Å². The first-order chi connectivity index (χ1) is 12.6. The summed E-state index contributed by atoms with van der Waals surface area (Å²) in [5, 5.41) is 12.6. The first-order valence-corrected chi connectivity index (χ1v) is 9.82. The third kappa shape index (κ3) is 5.08. The standard InChI is InChI=1S/C18H23N5O2S/c1-12(24)19-14-9-5-6-10-15(14)26-11-16(25)20-18-21-17(22-23-18)13-7-3-2-4-8-13/h5-6,9-10,13H,2-4,7-8,11H2,1H3,(H,19,24)(H2,20,21,22,23,25). The highest BCUT2D eigenvalue weighted by atomic mass is 32.2. The average Bonchev–Trinajstić information content (AvgIpc) is 3.10. The second-order valence-corrected chi connectivity index (χ2v) is 7.41. The van der Waals surface area contributed by atoms with Crippen LogP contribution in [-0.4, -0.2) is 32.7 Å². The van der Waals surface area contributed by atoms with Gasteiger partial charge in [0.2, 0.25) is 17.8 Å². The van der Waals surface area contributed by atoms with Crippen LogP contribution in [0.5, 0.6) is 0 Å². The number of amides is 2. The van der Waals surface area contributed by atoms with Crippen molar-refractivity contribution in [2.45, 2.75) is 49.8 Å². The average molecular weight is 373 g/mol. The van der Waals surface area contributed by atoms with Crippen LogP contribution in [0.4, 0.5) is 11.6 Å². The molecule has 1 aliphatic carbocycles. The second kappa shape index (κ2) is 8.84. The van der Waals surface area contributed by atoms with Crippen molar-refractivity contribution >= 4 is 35.2 Å². The molecule has 1 aromatic heterocycles. The molecule has 3 N–H and O–H groups in total. The van der Waals surface area contributed by atoms with E-state index in [-0.39, 0.29) is 17.6 Å². The van der Waals surface area contributed by atoms with Crippen LogP contribution in [0.3, 0.4) is 0 Å². The lowest BCUT2D eigenvalue weighted by molar-refractivity contribution is -0.114. The van der Waals surface area contributed by atoms with Crippen molar-refractivity contribution in [2.24, 2.45) is 0 Å². The third-order valence-electron chi connectivity index (χ3n) is 4.30. The van der Waals surface area contributed by atoms with Crippen LogP contribution in [-0.2, 0) is 9.59 Å². The molecule has 0 aliphatic heterocycles. The molecule has 7 nitrogen and oxygen atoms in total. The van der Waals surface area contributed by atoms with Crippen molar-refractivity contribution in [3.8, 4) is 0 Å². The first kappa shape index (κ1) is 18.4. The van der Waals surface area contributed by atoms with Crippen LogP contribution >= 0.6 is 11.8 Å².